The standard InChI is InChI=1S/C17H20N4O/c22-17(19-16-12-20-8-4-13(16)5-9-20)21-10-6-14(11-21)15-3-1-2-7-18-15/h1-3,6-7,10-11,13,16H,4-5,8-9,12H2,(H,19,22)/t16-/m0/s1. The van der Waals surface area contributed by atoms with Gasteiger partial charge in [-0.25, -0.2) is 4.79 Å². The molecule has 5 rings (SSSR count). The molecule has 2 bridgehead atoms. The van der Waals surface area contributed by atoms with Crippen LogP contribution in [-0.4, -0.2) is 46.2 Å². The average Bonchev–Trinajstić information content (AvgIpc) is 3.07. The van der Waals surface area contributed by atoms with Crippen molar-refractivity contribution < 1.29 is 4.79 Å². The van der Waals surface area contributed by atoms with Gasteiger partial charge in [0.2, 0.25) is 0 Å². The first-order valence-corrected chi connectivity index (χ1v) is 7.92. The highest BCUT2D eigenvalue weighted by molar-refractivity contribution is 5.79. The Bertz CT molecular complexity index is 658. The van der Waals surface area contributed by atoms with Crippen LogP contribution in [0.1, 0.15) is 12.8 Å². The fraction of sp³-hybridized carbons (Fsp3) is 0.412. The molecule has 22 heavy (non-hydrogen) atoms. The molecule has 5 heterocycles. The van der Waals surface area contributed by atoms with Gasteiger partial charge in [-0.1, -0.05) is 6.07 Å². The molecule has 0 aromatic carbocycles. The second-order valence-electron chi connectivity index (χ2n) is 6.22. The van der Waals surface area contributed by atoms with E-state index in [2.05, 4.69) is 15.2 Å². The number of carbonyl (C=O) groups is 1. The topological polar surface area (TPSA) is 50.2 Å². The summed E-state index contributed by atoms with van der Waals surface area (Å²) in [5, 5.41) is 3.19. The van der Waals surface area contributed by atoms with E-state index in [9.17, 15) is 4.79 Å². The van der Waals surface area contributed by atoms with Crippen molar-refractivity contribution in [3.63, 3.8) is 0 Å². The molecule has 2 aromatic heterocycles. The minimum atomic E-state index is -0.0408. The monoisotopic (exact) mass is 296 g/mol. The molecular formula is C17H20N4O. The molecule has 1 amide bonds. The van der Waals surface area contributed by atoms with Crippen LogP contribution in [0.2, 0.25) is 0 Å². The van der Waals surface area contributed by atoms with Gasteiger partial charge in [0.15, 0.2) is 0 Å². The van der Waals surface area contributed by atoms with Gasteiger partial charge in [-0.15, -0.1) is 0 Å². The van der Waals surface area contributed by atoms with Gasteiger partial charge in [0.05, 0.1) is 5.69 Å². The summed E-state index contributed by atoms with van der Waals surface area (Å²) >= 11 is 0. The Morgan fingerprint density at radius 1 is 1.23 bits per heavy atom. The van der Waals surface area contributed by atoms with E-state index in [-0.39, 0.29) is 12.1 Å². The summed E-state index contributed by atoms with van der Waals surface area (Å²) in [5.74, 6) is 0.639. The summed E-state index contributed by atoms with van der Waals surface area (Å²) in [7, 11) is 0. The number of amides is 1. The lowest BCUT2D eigenvalue weighted by molar-refractivity contribution is 0.0767. The Labute approximate surface area is 130 Å². The van der Waals surface area contributed by atoms with Crippen molar-refractivity contribution in [2.75, 3.05) is 19.6 Å². The van der Waals surface area contributed by atoms with E-state index in [0.29, 0.717) is 5.92 Å². The number of nitrogens with zero attached hydrogens (tertiary/aromatic N) is 3. The van der Waals surface area contributed by atoms with Gasteiger partial charge >= 0.3 is 6.03 Å². The quantitative estimate of drug-likeness (QED) is 0.924. The van der Waals surface area contributed by atoms with E-state index in [4.69, 9.17) is 0 Å². The molecule has 3 aliphatic heterocycles. The van der Waals surface area contributed by atoms with Gasteiger partial charge in [-0.05, 0) is 50.0 Å². The number of hydrogen-bond acceptors (Lipinski definition) is 3. The van der Waals surface area contributed by atoms with Crippen molar-refractivity contribution in [2.45, 2.75) is 18.9 Å². The third-order valence-electron chi connectivity index (χ3n) is 4.85. The molecule has 3 fully saturated rings. The van der Waals surface area contributed by atoms with Crippen molar-refractivity contribution in [3.8, 4) is 11.3 Å². The van der Waals surface area contributed by atoms with E-state index in [1.54, 1.807) is 17.0 Å². The van der Waals surface area contributed by atoms with Crippen LogP contribution in [-0.2, 0) is 0 Å². The van der Waals surface area contributed by atoms with Crippen molar-refractivity contribution >= 4 is 6.03 Å². The number of fused-ring (bicyclic) bond motifs is 3. The summed E-state index contributed by atoms with van der Waals surface area (Å²) in [5.41, 5.74) is 1.85. The minimum absolute atomic E-state index is 0.0408. The molecule has 0 aliphatic carbocycles. The Morgan fingerprint density at radius 3 is 2.77 bits per heavy atom. The third-order valence-corrected chi connectivity index (χ3v) is 4.85. The van der Waals surface area contributed by atoms with Crippen LogP contribution < -0.4 is 5.32 Å². The molecule has 1 N–H and O–H groups in total. The molecule has 5 heteroatoms. The molecule has 0 unspecified atom stereocenters. The van der Waals surface area contributed by atoms with Gasteiger partial charge in [-0.3, -0.25) is 9.55 Å². The molecular weight excluding hydrogens is 276 g/mol. The summed E-state index contributed by atoms with van der Waals surface area (Å²) in [6.07, 6.45) is 7.82. The van der Waals surface area contributed by atoms with Crippen LogP contribution in [0.15, 0.2) is 42.9 Å². The first-order valence-electron chi connectivity index (χ1n) is 7.92. The van der Waals surface area contributed by atoms with Gasteiger partial charge < -0.3 is 10.2 Å². The SMILES string of the molecule is O=C(N[C@H]1CN2CCC1CC2)n1ccc(-c2ccccn2)c1. The maximum Gasteiger partial charge on any atom is 0.325 e. The Kier molecular flexibility index (Phi) is 3.42. The van der Waals surface area contributed by atoms with Crippen LogP contribution in [0, 0.1) is 5.92 Å². The highest BCUT2D eigenvalue weighted by Crippen LogP contribution is 2.27. The molecule has 0 spiro atoms. The number of nitrogens with one attached hydrogen (secondary N) is 1. The van der Waals surface area contributed by atoms with E-state index in [0.717, 1.165) is 17.8 Å². The van der Waals surface area contributed by atoms with E-state index < -0.39 is 0 Å². The molecule has 114 valence electrons. The van der Waals surface area contributed by atoms with Crippen LogP contribution in [0.5, 0.6) is 0 Å². The van der Waals surface area contributed by atoms with Gasteiger partial charge in [0.25, 0.3) is 0 Å². The van der Waals surface area contributed by atoms with Crippen molar-refractivity contribution in [1.29, 1.82) is 0 Å². The molecule has 3 saturated heterocycles. The lowest BCUT2D eigenvalue weighted by Gasteiger charge is -2.44. The number of carbonyl (C=O) groups excluding carboxylic acids is 1. The van der Waals surface area contributed by atoms with Crippen LogP contribution in [0.4, 0.5) is 4.79 Å². The average molecular weight is 296 g/mol. The number of aromatic nitrogens is 2. The van der Waals surface area contributed by atoms with E-state index >= 15 is 0 Å². The predicted octanol–water partition coefficient (Wildman–Crippen LogP) is 2.20. The maximum absolute atomic E-state index is 12.4. The Hall–Kier alpha value is -2.14. The predicted molar refractivity (Wildman–Crippen MR) is 84.5 cm³/mol. The minimum Gasteiger partial charge on any atom is -0.333 e. The summed E-state index contributed by atoms with van der Waals surface area (Å²) < 4.78 is 1.63. The van der Waals surface area contributed by atoms with Gasteiger partial charge in [-0.2, -0.15) is 0 Å². The molecule has 0 radical (unpaired) electrons. The van der Waals surface area contributed by atoms with Crippen LogP contribution >= 0.6 is 0 Å². The smallest absolute Gasteiger partial charge is 0.325 e. The number of rotatable bonds is 2. The Morgan fingerprint density at radius 2 is 2.09 bits per heavy atom. The largest absolute Gasteiger partial charge is 0.333 e. The van der Waals surface area contributed by atoms with E-state index in [1.165, 1.54) is 25.9 Å². The fourth-order valence-corrected chi connectivity index (χ4v) is 3.57. The van der Waals surface area contributed by atoms with Crippen LogP contribution in [0.3, 0.4) is 0 Å². The molecule has 0 saturated carbocycles. The third kappa shape index (κ3) is 2.52. The normalized spacial score (nSPS) is 26.8. The molecule has 5 nitrogen and oxygen atoms in total. The summed E-state index contributed by atoms with van der Waals surface area (Å²) in [6.45, 7) is 3.36. The second kappa shape index (κ2) is 5.57. The second-order valence-corrected chi connectivity index (χ2v) is 6.22. The summed E-state index contributed by atoms with van der Waals surface area (Å²) in [6, 6.07) is 7.97. The zero-order valence-electron chi connectivity index (χ0n) is 12.5. The number of piperidine rings is 3. The first kappa shape index (κ1) is 13.5. The number of hydrogen-bond donors (Lipinski definition) is 1. The van der Waals surface area contributed by atoms with Crippen molar-refractivity contribution in [2.24, 2.45) is 5.92 Å². The summed E-state index contributed by atoms with van der Waals surface area (Å²) in [4.78, 5) is 19.2. The maximum atomic E-state index is 12.4. The molecule has 1 atom stereocenters. The Balaban J connectivity index is 1.46. The fourth-order valence-electron chi connectivity index (χ4n) is 3.57. The van der Waals surface area contributed by atoms with Gasteiger partial charge in [0, 0.05) is 36.7 Å². The van der Waals surface area contributed by atoms with Crippen molar-refractivity contribution in [1.82, 2.24) is 19.8 Å². The lowest BCUT2D eigenvalue weighted by Crippen LogP contribution is -2.57. The van der Waals surface area contributed by atoms with Gasteiger partial charge in [0.1, 0.15) is 0 Å². The zero-order chi connectivity index (χ0) is 14.9. The van der Waals surface area contributed by atoms with Crippen LogP contribution in [0.25, 0.3) is 11.3 Å². The number of pyridine rings is 1. The first-order chi connectivity index (χ1) is 10.8. The van der Waals surface area contributed by atoms with E-state index in [1.807, 2.05) is 30.5 Å². The van der Waals surface area contributed by atoms with Crippen molar-refractivity contribution in [3.05, 3.63) is 42.9 Å². The highest BCUT2D eigenvalue weighted by atomic mass is 16.2. The zero-order valence-corrected chi connectivity index (χ0v) is 12.5. The molecule has 2 aromatic rings. The molecule has 3 aliphatic rings. The lowest BCUT2D eigenvalue weighted by atomic mass is 9.84. The highest BCUT2D eigenvalue weighted by Gasteiger charge is 2.34.